The largest absolute Gasteiger partial charge is 0.350 e. The number of rotatable bonds is 6. The van der Waals surface area contributed by atoms with Gasteiger partial charge in [-0.2, -0.15) is 5.10 Å². The van der Waals surface area contributed by atoms with E-state index >= 15 is 0 Å². The fourth-order valence-electron chi connectivity index (χ4n) is 4.19. The predicted octanol–water partition coefficient (Wildman–Crippen LogP) is 3.94. The van der Waals surface area contributed by atoms with Crippen LogP contribution in [-0.2, 0) is 11.3 Å². The second kappa shape index (κ2) is 8.62. The van der Waals surface area contributed by atoms with Crippen molar-refractivity contribution in [3.8, 4) is 5.69 Å². The van der Waals surface area contributed by atoms with E-state index in [-0.39, 0.29) is 11.9 Å². The molecular formula is C24H28N4O. The van der Waals surface area contributed by atoms with Gasteiger partial charge in [-0.15, -0.1) is 0 Å². The van der Waals surface area contributed by atoms with E-state index in [9.17, 15) is 4.79 Å². The number of para-hydroxylation sites is 1. The lowest BCUT2D eigenvalue weighted by Gasteiger charge is -2.27. The van der Waals surface area contributed by atoms with Crippen molar-refractivity contribution in [1.29, 1.82) is 0 Å². The summed E-state index contributed by atoms with van der Waals surface area (Å²) in [4.78, 5) is 15.5. The molecule has 1 aliphatic heterocycles. The van der Waals surface area contributed by atoms with Crippen molar-refractivity contribution in [1.82, 2.24) is 20.0 Å². The molecule has 1 saturated heterocycles. The molecule has 1 fully saturated rings. The highest BCUT2D eigenvalue weighted by atomic mass is 16.2. The van der Waals surface area contributed by atoms with Gasteiger partial charge >= 0.3 is 0 Å². The van der Waals surface area contributed by atoms with Gasteiger partial charge in [0.2, 0.25) is 5.91 Å². The van der Waals surface area contributed by atoms with Crippen molar-refractivity contribution in [2.45, 2.75) is 39.3 Å². The minimum absolute atomic E-state index is 0.0596. The number of benzene rings is 2. The van der Waals surface area contributed by atoms with Gasteiger partial charge in [0.05, 0.1) is 11.4 Å². The summed E-state index contributed by atoms with van der Waals surface area (Å²) in [7, 11) is 0. The van der Waals surface area contributed by atoms with Crippen molar-refractivity contribution in [3.63, 3.8) is 0 Å². The number of likely N-dealkylation sites (tertiary alicyclic amines) is 1. The zero-order chi connectivity index (χ0) is 20.2. The van der Waals surface area contributed by atoms with Crippen LogP contribution in [0.25, 0.3) is 5.69 Å². The maximum Gasteiger partial charge on any atom is 0.242 e. The standard InChI is InChI=1S/C24H28N4O/c1-18-22(19(2)28(26-18)21-13-7-4-8-14-21)17-25-24(29)23(27-15-9-10-16-27)20-11-5-3-6-12-20/h3-8,11-14,23H,9-10,15-17H2,1-2H3,(H,25,29). The minimum atomic E-state index is -0.233. The molecule has 1 amide bonds. The molecule has 5 nitrogen and oxygen atoms in total. The van der Waals surface area contributed by atoms with Gasteiger partial charge in [0.1, 0.15) is 6.04 Å². The quantitative estimate of drug-likeness (QED) is 0.696. The third-order valence-electron chi connectivity index (χ3n) is 5.75. The molecule has 29 heavy (non-hydrogen) atoms. The molecule has 1 unspecified atom stereocenters. The lowest BCUT2D eigenvalue weighted by molar-refractivity contribution is -0.126. The fourth-order valence-corrected chi connectivity index (χ4v) is 4.19. The van der Waals surface area contributed by atoms with Gasteiger partial charge in [-0.3, -0.25) is 9.69 Å². The summed E-state index contributed by atoms with van der Waals surface area (Å²) >= 11 is 0. The Hall–Kier alpha value is -2.92. The third-order valence-corrected chi connectivity index (χ3v) is 5.75. The Morgan fingerprint density at radius 1 is 1.00 bits per heavy atom. The van der Waals surface area contributed by atoms with Crippen LogP contribution < -0.4 is 5.32 Å². The Morgan fingerprint density at radius 2 is 1.62 bits per heavy atom. The van der Waals surface area contributed by atoms with Crippen LogP contribution in [0.1, 0.15) is 41.4 Å². The van der Waals surface area contributed by atoms with Crippen molar-refractivity contribution >= 4 is 5.91 Å². The van der Waals surface area contributed by atoms with Gasteiger partial charge in [0.25, 0.3) is 0 Å². The van der Waals surface area contributed by atoms with E-state index in [1.54, 1.807) is 0 Å². The summed E-state index contributed by atoms with van der Waals surface area (Å²) in [6, 6.07) is 20.0. The molecule has 0 bridgehead atoms. The number of hydrogen-bond acceptors (Lipinski definition) is 3. The van der Waals surface area contributed by atoms with E-state index in [1.165, 1.54) is 0 Å². The summed E-state index contributed by atoms with van der Waals surface area (Å²) in [6.45, 7) is 6.49. The van der Waals surface area contributed by atoms with E-state index in [1.807, 2.05) is 72.3 Å². The van der Waals surface area contributed by atoms with Crippen LogP contribution in [0.4, 0.5) is 0 Å². The average Bonchev–Trinajstić information content (AvgIpc) is 3.37. The Balaban J connectivity index is 1.53. The first-order valence-corrected chi connectivity index (χ1v) is 10.3. The van der Waals surface area contributed by atoms with Crippen LogP contribution in [-0.4, -0.2) is 33.7 Å². The van der Waals surface area contributed by atoms with Crippen molar-refractivity contribution in [3.05, 3.63) is 83.2 Å². The topological polar surface area (TPSA) is 50.2 Å². The van der Waals surface area contributed by atoms with Crippen LogP contribution in [0.15, 0.2) is 60.7 Å². The number of aromatic nitrogens is 2. The van der Waals surface area contributed by atoms with E-state index in [4.69, 9.17) is 5.10 Å². The lowest BCUT2D eigenvalue weighted by Crippen LogP contribution is -2.39. The second-order valence-corrected chi connectivity index (χ2v) is 7.67. The van der Waals surface area contributed by atoms with E-state index in [0.29, 0.717) is 6.54 Å². The Kier molecular flexibility index (Phi) is 5.76. The number of carbonyl (C=O) groups excluding carboxylic acids is 1. The van der Waals surface area contributed by atoms with Gasteiger partial charge in [0, 0.05) is 17.8 Å². The average molecular weight is 389 g/mol. The van der Waals surface area contributed by atoms with Crippen molar-refractivity contribution < 1.29 is 4.79 Å². The lowest BCUT2D eigenvalue weighted by atomic mass is 10.0. The van der Waals surface area contributed by atoms with E-state index < -0.39 is 0 Å². The Bertz CT molecular complexity index is 959. The molecule has 1 N–H and O–H groups in total. The van der Waals surface area contributed by atoms with Crippen molar-refractivity contribution in [2.75, 3.05) is 13.1 Å². The molecule has 5 heteroatoms. The Labute approximate surface area is 172 Å². The summed E-state index contributed by atoms with van der Waals surface area (Å²) in [5.41, 5.74) is 5.18. The number of aryl methyl sites for hydroxylation is 1. The highest BCUT2D eigenvalue weighted by molar-refractivity contribution is 5.83. The van der Waals surface area contributed by atoms with E-state index in [2.05, 4.69) is 17.1 Å². The number of hydrogen-bond donors (Lipinski definition) is 1. The van der Waals surface area contributed by atoms with Gasteiger partial charge in [-0.1, -0.05) is 48.5 Å². The van der Waals surface area contributed by atoms with E-state index in [0.717, 1.165) is 54.1 Å². The first-order valence-electron chi connectivity index (χ1n) is 10.3. The smallest absolute Gasteiger partial charge is 0.242 e. The number of carbonyl (C=O) groups is 1. The molecule has 0 spiro atoms. The molecule has 150 valence electrons. The van der Waals surface area contributed by atoms with Crippen LogP contribution in [0.3, 0.4) is 0 Å². The molecule has 1 aromatic heterocycles. The molecule has 2 aromatic carbocycles. The summed E-state index contributed by atoms with van der Waals surface area (Å²) < 4.78 is 1.95. The molecule has 1 aliphatic rings. The van der Waals surface area contributed by atoms with Gasteiger partial charge in [-0.25, -0.2) is 4.68 Å². The molecule has 0 radical (unpaired) electrons. The van der Waals surface area contributed by atoms with Crippen LogP contribution >= 0.6 is 0 Å². The number of nitrogens with one attached hydrogen (secondary N) is 1. The molecular weight excluding hydrogens is 360 g/mol. The first kappa shape index (κ1) is 19.4. The SMILES string of the molecule is Cc1nn(-c2ccccc2)c(C)c1CNC(=O)C(c1ccccc1)N1CCCC1. The first-order chi connectivity index (χ1) is 14.1. The van der Waals surface area contributed by atoms with Crippen LogP contribution in [0, 0.1) is 13.8 Å². The number of amides is 1. The van der Waals surface area contributed by atoms with Crippen LogP contribution in [0.5, 0.6) is 0 Å². The molecule has 0 aliphatic carbocycles. The minimum Gasteiger partial charge on any atom is -0.350 e. The fraction of sp³-hybridized carbons (Fsp3) is 0.333. The molecule has 2 heterocycles. The number of nitrogens with zero attached hydrogens (tertiary/aromatic N) is 3. The maximum atomic E-state index is 13.2. The highest BCUT2D eigenvalue weighted by Crippen LogP contribution is 2.26. The highest BCUT2D eigenvalue weighted by Gasteiger charge is 2.29. The zero-order valence-corrected chi connectivity index (χ0v) is 17.1. The van der Waals surface area contributed by atoms with Gasteiger partial charge in [0.15, 0.2) is 0 Å². The van der Waals surface area contributed by atoms with Crippen LogP contribution in [0.2, 0.25) is 0 Å². The van der Waals surface area contributed by atoms with Gasteiger partial charge in [-0.05, 0) is 57.5 Å². The summed E-state index contributed by atoms with van der Waals surface area (Å²) in [5.74, 6) is 0.0596. The van der Waals surface area contributed by atoms with Gasteiger partial charge < -0.3 is 5.32 Å². The molecule has 4 rings (SSSR count). The zero-order valence-electron chi connectivity index (χ0n) is 17.1. The second-order valence-electron chi connectivity index (χ2n) is 7.67. The maximum absolute atomic E-state index is 13.2. The third kappa shape index (κ3) is 4.10. The Morgan fingerprint density at radius 3 is 2.28 bits per heavy atom. The summed E-state index contributed by atoms with van der Waals surface area (Å²) in [6.07, 6.45) is 2.30. The monoisotopic (exact) mass is 388 g/mol. The normalized spacial score (nSPS) is 15.4. The summed E-state index contributed by atoms with van der Waals surface area (Å²) in [5, 5.41) is 7.88. The molecule has 1 atom stereocenters. The molecule has 0 saturated carbocycles. The predicted molar refractivity (Wildman–Crippen MR) is 115 cm³/mol. The van der Waals surface area contributed by atoms with Crippen molar-refractivity contribution in [2.24, 2.45) is 0 Å². The molecule has 3 aromatic rings.